The minimum Gasteiger partial charge on any atom is -0.364 e. The van der Waals surface area contributed by atoms with Gasteiger partial charge in [0.05, 0.1) is 5.39 Å². The summed E-state index contributed by atoms with van der Waals surface area (Å²) in [5.74, 6) is 1.07. The van der Waals surface area contributed by atoms with Gasteiger partial charge in [0.25, 0.3) is 5.91 Å². The summed E-state index contributed by atoms with van der Waals surface area (Å²) in [6.07, 6.45) is 4.60. The number of primary amides is 1. The molecule has 33 heavy (non-hydrogen) atoms. The van der Waals surface area contributed by atoms with E-state index >= 15 is 0 Å². The highest BCUT2D eigenvalue weighted by molar-refractivity contribution is 6.76. The molecule has 1 unspecified atom stereocenters. The van der Waals surface area contributed by atoms with Crippen molar-refractivity contribution in [2.45, 2.75) is 44.9 Å². The molecule has 1 aliphatic heterocycles. The second kappa shape index (κ2) is 9.48. The Morgan fingerprint density at radius 2 is 2.15 bits per heavy atom. The highest BCUT2D eigenvalue weighted by atomic mass is 28.3. The maximum absolute atomic E-state index is 11.5. The molecule has 4 rings (SSSR count). The number of nitrogens with two attached hydrogens (primary N) is 1. The van der Waals surface area contributed by atoms with Gasteiger partial charge in [-0.25, -0.2) is 15.0 Å². The SMILES string of the molecule is CN(c1cc[c]c(C(N)=O)n1)C1CCN(c2ncnc3c2ccn3COCC[Si](C)(C)C)C1. The Bertz CT molecular complexity index is 1130. The zero-order valence-electron chi connectivity index (χ0n) is 19.8. The van der Waals surface area contributed by atoms with Crippen molar-refractivity contribution in [3.8, 4) is 0 Å². The van der Waals surface area contributed by atoms with Crippen molar-refractivity contribution in [1.29, 1.82) is 0 Å². The number of amides is 1. The molecule has 9 nitrogen and oxygen atoms in total. The lowest BCUT2D eigenvalue weighted by Crippen LogP contribution is -2.35. The van der Waals surface area contributed by atoms with Crippen LogP contribution in [-0.2, 0) is 11.5 Å². The van der Waals surface area contributed by atoms with E-state index in [1.807, 2.05) is 23.9 Å². The summed E-state index contributed by atoms with van der Waals surface area (Å²) in [6, 6.07) is 9.77. The molecule has 1 fully saturated rings. The Kier molecular flexibility index (Phi) is 6.66. The molecule has 1 radical (unpaired) electrons. The fourth-order valence-electron chi connectivity index (χ4n) is 4.03. The molecule has 3 aromatic rings. The van der Waals surface area contributed by atoms with E-state index in [9.17, 15) is 4.79 Å². The second-order valence-electron chi connectivity index (χ2n) is 9.73. The van der Waals surface area contributed by atoms with Crippen LogP contribution in [0.1, 0.15) is 16.9 Å². The summed E-state index contributed by atoms with van der Waals surface area (Å²) in [5, 5.41) is 1.03. The van der Waals surface area contributed by atoms with Crippen LogP contribution in [0.4, 0.5) is 11.6 Å². The van der Waals surface area contributed by atoms with Gasteiger partial charge in [-0.15, -0.1) is 0 Å². The first-order valence-corrected chi connectivity index (χ1v) is 15.0. The van der Waals surface area contributed by atoms with Crippen LogP contribution in [0.25, 0.3) is 11.0 Å². The molecule has 1 aliphatic rings. The van der Waals surface area contributed by atoms with E-state index in [2.05, 4.69) is 56.5 Å². The lowest BCUT2D eigenvalue weighted by Gasteiger charge is -2.26. The van der Waals surface area contributed by atoms with Crippen LogP contribution in [-0.4, -0.2) is 66.3 Å². The largest absolute Gasteiger partial charge is 0.364 e. The number of carbonyl (C=O) groups excluding carboxylic acids is 1. The van der Waals surface area contributed by atoms with Gasteiger partial charge in [-0.05, 0) is 30.7 Å². The maximum Gasteiger partial charge on any atom is 0.268 e. The number of hydrogen-bond donors (Lipinski definition) is 1. The molecular weight excluding hydrogens is 434 g/mol. The summed E-state index contributed by atoms with van der Waals surface area (Å²) in [4.78, 5) is 29.3. The predicted molar refractivity (Wildman–Crippen MR) is 132 cm³/mol. The van der Waals surface area contributed by atoms with Crippen molar-refractivity contribution in [1.82, 2.24) is 19.5 Å². The number of anilines is 2. The minimum absolute atomic E-state index is 0.153. The Morgan fingerprint density at radius 1 is 1.33 bits per heavy atom. The van der Waals surface area contributed by atoms with Crippen LogP contribution < -0.4 is 15.5 Å². The van der Waals surface area contributed by atoms with E-state index < -0.39 is 14.0 Å². The first-order chi connectivity index (χ1) is 15.7. The zero-order valence-corrected chi connectivity index (χ0v) is 20.8. The minimum atomic E-state index is -1.11. The van der Waals surface area contributed by atoms with E-state index in [1.54, 1.807) is 12.4 Å². The van der Waals surface area contributed by atoms with Gasteiger partial charge in [0.15, 0.2) is 0 Å². The topological polar surface area (TPSA) is 102 Å². The van der Waals surface area contributed by atoms with Crippen LogP contribution in [0.2, 0.25) is 25.7 Å². The van der Waals surface area contributed by atoms with E-state index in [4.69, 9.17) is 10.5 Å². The molecule has 0 spiro atoms. The third kappa shape index (κ3) is 5.33. The maximum atomic E-state index is 11.5. The average molecular weight is 467 g/mol. The predicted octanol–water partition coefficient (Wildman–Crippen LogP) is 2.75. The molecule has 175 valence electrons. The van der Waals surface area contributed by atoms with Crippen LogP contribution in [0.5, 0.6) is 0 Å². The van der Waals surface area contributed by atoms with Crippen molar-refractivity contribution < 1.29 is 9.53 Å². The number of likely N-dealkylation sites (N-methyl/N-ethyl adjacent to an activating group) is 1. The molecule has 10 heteroatoms. The average Bonchev–Trinajstić information content (AvgIpc) is 3.43. The van der Waals surface area contributed by atoms with Gasteiger partial charge in [0, 0.05) is 53.1 Å². The number of ether oxygens (including phenoxy) is 1. The van der Waals surface area contributed by atoms with Gasteiger partial charge >= 0.3 is 0 Å². The highest BCUT2D eigenvalue weighted by Gasteiger charge is 2.29. The van der Waals surface area contributed by atoms with Crippen LogP contribution in [0.3, 0.4) is 0 Å². The number of pyridine rings is 1. The third-order valence-electron chi connectivity index (χ3n) is 6.05. The van der Waals surface area contributed by atoms with E-state index in [-0.39, 0.29) is 11.7 Å². The summed E-state index contributed by atoms with van der Waals surface area (Å²) >= 11 is 0. The van der Waals surface area contributed by atoms with Gasteiger partial charge < -0.3 is 24.8 Å². The van der Waals surface area contributed by atoms with Crippen LogP contribution in [0, 0.1) is 6.07 Å². The zero-order chi connectivity index (χ0) is 23.6. The van der Waals surface area contributed by atoms with Gasteiger partial charge in [-0.1, -0.05) is 19.6 Å². The van der Waals surface area contributed by atoms with E-state index in [0.29, 0.717) is 12.5 Å². The lowest BCUT2D eigenvalue weighted by atomic mass is 10.2. The molecule has 0 aromatic carbocycles. The van der Waals surface area contributed by atoms with Crippen LogP contribution >= 0.6 is 0 Å². The first kappa shape index (κ1) is 23.2. The molecule has 4 heterocycles. The Hall–Kier alpha value is -2.98. The normalized spacial score (nSPS) is 16.5. The number of fused-ring (bicyclic) bond motifs is 1. The molecule has 0 aliphatic carbocycles. The van der Waals surface area contributed by atoms with E-state index in [1.165, 1.54) is 0 Å². The molecule has 1 amide bonds. The van der Waals surface area contributed by atoms with Crippen molar-refractivity contribution in [3.05, 3.63) is 42.5 Å². The number of nitrogens with zero attached hydrogens (tertiary/aromatic N) is 6. The van der Waals surface area contributed by atoms with Gasteiger partial charge in [-0.3, -0.25) is 4.79 Å². The molecule has 0 saturated carbocycles. The van der Waals surface area contributed by atoms with Crippen molar-refractivity contribution in [2.24, 2.45) is 5.73 Å². The highest BCUT2D eigenvalue weighted by Crippen LogP contribution is 2.29. The monoisotopic (exact) mass is 466 g/mol. The number of carbonyl (C=O) groups is 1. The van der Waals surface area contributed by atoms with Gasteiger partial charge in [-0.2, -0.15) is 0 Å². The van der Waals surface area contributed by atoms with Crippen molar-refractivity contribution in [2.75, 3.05) is 36.5 Å². The molecule has 3 aromatic heterocycles. The second-order valence-corrected chi connectivity index (χ2v) is 15.3. The molecule has 1 saturated heterocycles. The Balaban J connectivity index is 1.45. The number of rotatable bonds is 9. The van der Waals surface area contributed by atoms with E-state index in [0.717, 1.165) is 49.0 Å². The molecular formula is C23H32N7O2Si. The molecule has 1 atom stereocenters. The number of hydrogen-bond acceptors (Lipinski definition) is 7. The fraction of sp³-hybridized carbons (Fsp3) is 0.478. The first-order valence-electron chi connectivity index (χ1n) is 11.3. The van der Waals surface area contributed by atoms with Crippen molar-refractivity contribution in [3.63, 3.8) is 0 Å². The van der Waals surface area contributed by atoms with Gasteiger partial charge in [0.2, 0.25) is 0 Å². The Morgan fingerprint density at radius 3 is 2.91 bits per heavy atom. The molecule has 0 bridgehead atoms. The van der Waals surface area contributed by atoms with Gasteiger partial charge in [0.1, 0.15) is 36.0 Å². The Labute approximate surface area is 195 Å². The third-order valence-corrected chi connectivity index (χ3v) is 7.75. The van der Waals surface area contributed by atoms with Crippen molar-refractivity contribution >= 4 is 36.7 Å². The summed E-state index contributed by atoms with van der Waals surface area (Å²) in [5.41, 5.74) is 6.40. The fourth-order valence-corrected chi connectivity index (χ4v) is 4.78. The van der Waals surface area contributed by atoms with Crippen LogP contribution in [0.15, 0.2) is 30.7 Å². The standard InChI is InChI=1S/C23H32N7O2Si/c1-28(20-7-5-6-19(27-20)21(24)31)17-8-10-29(14-17)22-18-9-11-30(23(18)26-15-25-22)16-32-12-13-33(2,3)4/h5,7,9,11,15,17H,8,10,12-14,16H2,1-4H3,(H2,24,31). The molecule has 2 N–H and O–H groups in total. The smallest absolute Gasteiger partial charge is 0.268 e. The summed E-state index contributed by atoms with van der Waals surface area (Å²) in [7, 11) is 0.882. The quantitative estimate of drug-likeness (QED) is 0.382. The summed E-state index contributed by atoms with van der Waals surface area (Å²) in [6.45, 7) is 10.00. The lowest BCUT2D eigenvalue weighted by molar-refractivity contribution is 0.0899. The summed E-state index contributed by atoms with van der Waals surface area (Å²) < 4.78 is 7.97. The number of aromatic nitrogens is 4.